The van der Waals surface area contributed by atoms with Gasteiger partial charge in [-0.05, 0) is 48.4 Å². The molecule has 0 spiro atoms. The number of sulfonamides is 1. The molecule has 1 heterocycles. The largest absolute Gasteiger partial charge is 0.354 e. The molecule has 1 aliphatic rings. The molecule has 1 saturated heterocycles. The van der Waals surface area contributed by atoms with Crippen molar-refractivity contribution < 1.29 is 18.0 Å². The molecular formula is C18H16Cl2N2O4S. The summed E-state index contributed by atoms with van der Waals surface area (Å²) < 4.78 is 26.5. The Morgan fingerprint density at radius 3 is 2.11 bits per heavy atom. The summed E-state index contributed by atoms with van der Waals surface area (Å²) in [6.45, 7) is -0.492. The monoisotopic (exact) mass is 426 g/mol. The van der Waals surface area contributed by atoms with Gasteiger partial charge in [0.25, 0.3) is 10.0 Å². The molecule has 3 rings (SSSR count). The molecule has 1 atom stereocenters. The van der Waals surface area contributed by atoms with Crippen LogP contribution in [0.2, 0.25) is 10.0 Å². The van der Waals surface area contributed by atoms with E-state index in [0.29, 0.717) is 14.4 Å². The number of rotatable bonds is 4. The third kappa shape index (κ3) is 4.43. The van der Waals surface area contributed by atoms with Gasteiger partial charge in [-0.25, -0.2) is 12.7 Å². The minimum atomic E-state index is -4.17. The van der Waals surface area contributed by atoms with Gasteiger partial charge in [0.1, 0.15) is 6.54 Å². The van der Waals surface area contributed by atoms with E-state index in [-0.39, 0.29) is 17.9 Å². The second-order valence-electron chi connectivity index (χ2n) is 6.14. The smallest absolute Gasteiger partial charge is 0.266 e. The molecule has 142 valence electrons. The summed E-state index contributed by atoms with van der Waals surface area (Å²) in [6, 6.07) is 12.4. The lowest BCUT2D eigenvalue weighted by molar-refractivity contribution is -0.131. The molecule has 0 aliphatic carbocycles. The van der Waals surface area contributed by atoms with Gasteiger partial charge in [-0.1, -0.05) is 35.3 Å². The maximum absolute atomic E-state index is 13.0. The fourth-order valence-corrected chi connectivity index (χ4v) is 4.45. The first kappa shape index (κ1) is 19.7. The van der Waals surface area contributed by atoms with Crippen molar-refractivity contribution in [2.24, 2.45) is 5.92 Å². The van der Waals surface area contributed by atoms with Crippen LogP contribution in [0.4, 0.5) is 0 Å². The minimum absolute atomic E-state index is 0.0624. The van der Waals surface area contributed by atoms with E-state index in [9.17, 15) is 18.0 Å². The first-order valence-corrected chi connectivity index (χ1v) is 10.3. The molecule has 2 amide bonds. The van der Waals surface area contributed by atoms with Crippen LogP contribution in [0.1, 0.15) is 5.56 Å². The molecule has 27 heavy (non-hydrogen) atoms. The Morgan fingerprint density at radius 2 is 1.52 bits per heavy atom. The van der Waals surface area contributed by atoms with Crippen LogP contribution in [0.15, 0.2) is 53.4 Å². The summed E-state index contributed by atoms with van der Waals surface area (Å²) in [5, 5.41) is 3.54. The molecule has 0 saturated carbocycles. The van der Waals surface area contributed by atoms with Crippen LogP contribution >= 0.6 is 23.2 Å². The summed E-state index contributed by atoms with van der Waals surface area (Å²) in [5.41, 5.74) is 0.817. The zero-order chi connectivity index (χ0) is 19.6. The van der Waals surface area contributed by atoms with Crippen molar-refractivity contribution >= 4 is 45.0 Å². The van der Waals surface area contributed by atoms with Crippen molar-refractivity contribution in [1.29, 1.82) is 0 Å². The maximum Gasteiger partial charge on any atom is 0.266 e. The molecule has 0 radical (unpaired) electrons. The predicted octanol–water partition coefficient (Wildman–Crippen LogP) is 2.50. The zero-order valence-corrected chi connectivity index (χ0v) is 16.4. The molecule has 2 aromatic rings. The maximum atomic E-state index is 13.0. The Morgan fingerprint density at radius 1 is 0.963 bits per heavy atom. The number of benzene rings is 2. The van der Waals surface area contributed by atoms with Crippen molar-refractivity contribution in [3.63, 3.8) is 0 Å². The number of nitrogens with one attached hydrogen (secondary N) is 1. The number of amides is 2. The van der Waals surface area contributed by atoms with Crippen LogP contribution in [0, 0.1) is 5.92 Å². The highest BCUT2D eigenvalue weighted by Gasteiger charge is 2.38. The van der Waals surface area contributed by atoms with Gasteiger partial charge < -0.3 is 5.32 Å². The second-order valence-corrected chi connectivity index (χ2v) is 8.87. The summed E-state index contributed by atoms with van der Waals surface area (Å²) in [5.74, 6) is -1.86. The molecule has 1 unspecified atom stereocenters. The topological polar surface area (TPSA) is 83.6 Å². The van der Waals surface area contributed by atoms with Gasteiger partial charge in [-0.15, -0.1) is 0 Å². The Hall–Kier alpha value is -2.09. The molecule has 0 bridgehead atoms. The molecule has 6 nitrogen and oxygen atoms in total. The van der Waals surface area contributed by atoms with Gasteiger partial charge in [-0.3, -0.25) is 9.59 Å². The van der Waals surface area contributed by atoms with E-state index < -0.39 is 34.3 Å². The van der Waals surface area contributed by atoms with E-state index in [1.165, 1.54) is 24.3 Å². The lowest BCUT2D eigenvalue weighted by atomic mass is 9.99. The van der Waals surface area contributed by atoms with E-state index in [2.05, 4.69) is 5.32 Å². The standard InChI is InChI=1S/C18H16Cl2N2O4S/c19-14-3-1-12(2-4-14)9-13-10-21-17(23)11-22(18(13)24)27(25,26)16-7-5-15(20)6-8-16/h1-8,13H,9-11H2,(H,21,23). The van der Waals surface area contributed by atoms with Crippen LogP contribution in [-0.2, 0) is 26.0 Å². The predicted molar refractivity (Wildman–Crippen MR) is 102 cm³/mol. The Kier molecular flexibility index (Phi) is 5.74. The number of hydrogen-bond donors (Lipinski definition) is 1. The van der Waals surface area contributed by atoms with E-state index in [1.807, 2.05) is 0 Å². The van der Waals surface area contributed by atoms with Gasteiger partial charge in [-0.2, -0.15) is 0 Å². The number of carbonyl (C=O) groups is 2. The fourth-order valence-electron chi connectivity index (χ4n) is 2.79. The van der Waals surface area contributed by atoms with Crippen molar-refractivity contribution in [2.75, 3.05) is 13.1 Å². The molecule has 9 heteroatoms. The molecule has 2 aromatic carbocycles. The summed E-state index contributed by atoms with van der Waals surface area (Å²) in [4.78, 5) is 24.9. The van der Waals surface area contributed by atoms with Gasteiger partial charge in [0.15, 0.2) is 0 Å². The number of halogens is 2. The number of hydrogen-bond acceptors (Lipinski definition) is 4. The highest BCUT2D eigenvalue weighted by molar-refractivity contribution is 7.89. The molecular weight excluding hydrogens is 411 g/mol. The van der Waals surface area contributed by atoms with E-state index >= 15 is 0 Å². The van der Waals surface area contributed by atoms with Crippen LogP contribution in [0.5, 0.6) is 0 Å². The molecule has 0 aromatic heterocycles. The lowest BCUT2D eigenvalue weighted by Crippen LogP contribution is -2.42. The van der Waals surface area contributed by atoms with Crippen molar-refractivity contribution in [1.82, 2.24) is 9.62 Å². The van der Waals surface area contributed by atoms with E-state index in [1.54, 1.807) is 24.3 Å². The molecule has 1 fully saturated rings. The minimum Gasteiger partial charge on any atom is -0.354 e. The fraction of sp³-hybridized carbons (Fsp3) is 0.222. The highest BCUT2D eigenvalue weighted by atomic mass is 35.5. The molecule has 1 aliphatic heterocycles. The second kappa shape index (κ2) is 7.88. The average molecular weight is 427 g/mol. The number of nitrogens with zero attached hydrogens (tertiary/aromatic N) is 1. The van der Waals surface area contributed by atoms with Gasteiger partial charge in [0.2, 0.25) is 11.8 Å². The zero-order valence-electron chi connectivity index (χ0n) is 14.1. The van der Waals surface area contributed by atoms with Crippen molar-refractivity contribution in [2.45, 2.75) is 11.3 Å². The Bertz CT molecular complexity index is 960. The molecule has 1 N–H and O–H groups in total. The van der Waals surface area contributed by atoms with Crippen LogP contribution in [0.25, 0.3) is 0 Å². The first-order valence-electron chi connectivity index (χ1n) is 8.10. The van der Waals surface area contributed by atoms with Crippen LogP contribution in [-0.4, -0.2) is 37.6 Å². The Balaban J connectivity index is 1.91. The third-order valence-corrected chi connectivity index (χ3v) is 6.49. The van der Waals surface area contributed by atoms with Crippen molar-refractivity contribution in [3.05, 3.63) is 64.1 Å². The third-order valence-electron chi connectivity index (χ3n) is 4.22. The van der Waals surface area contributed by atoms with Gasteiger partial charge >= 0.3 is 0 Å². The SMILES string of the molecule is O=C1CN(S(=O)(=O)c2ccc(Cl)cc2)C(=O)C(Cc2ccc(Cl)cc2)CN1. The van der Waals surface area contributed by atoms with Crippen LogP contribution < -0.4 is 5.32 Å². The average Bonchev–Trinajstić information content (AvgIpc) is 2.77. The Labute approximate surface area is 167 Å². The lowest BCUT2D eigenvalue weighted by Gasteiger charge is -2.23. The van der Waals surface area contributed by atoms with Gasteiger partial charge in [0.05, 0.1) is 10.8 Å². The van der Waals surface area contributed by atoms with E-state index in [0.717, 1.165) is 5.56 Å². The first-order chi connectivity index (χ1) is 12.8. The summed E-state index contributed by atoms with van der Waals surface area (Å²) in [6.07, 6.45) is 0.281. The quantitative estimate of drug-likeness (QED) is 0.813. The summed E-state index contributed by atoms with van der Waals surface area (Å²) in [7, 11) is -4.17. The van der Waals surface area contributed by atoms with Gasteiger partial charge in [0, 0.05) is 16.6 Å². The van der Waals surface area contributed by atoms with E-state index in [4.69, 9.17) is 23.2 Å². The number of carbonyl (C=O) groups excluding carboxylic acids is 2. The normalized spacial score (nSPS) is 18.1. The highest BCUT2D eigenvalue weighted by Crippen LogP contribution is 2.23. The van der Waals surface area contributed by atoms with Crippen molar-refractivity contribution in [3.8, 4) is 0 Å². The van der Waals surface area contributed by atoms with Crippen LogP contribution in [0.3, 0.4) is 0 Å². The summed E-state index contributed by atoms with van der Waals surface area (Å²) >= 11 is 11.7.